The molecule has 0 bridgehead atoms. The van der Waals surface area contributed by atoms with E-state index < -0.39 is 10.0 Å². The van der Waals surface area contributed by atoms with Crippen molar-refractivity contribution in [1.29, 1.82) is 0 Å². The third kappa shape index (κ3) is 4.53. The van der Waals surface area contributed by atoms with Crippen LogP contribution in [0.1, 0.15) is 15.9 Å². The number of hydrogen-bond donors (Lipinski definition) is 1. The van der Waals surface area contributed by atoms with E-state index in [0.29, 0.717) is 22.1 Å². The van der Waals surface area contributed by atoms with Crippen LogP contribution in [0.3, 0.4) is 0 Å². The molecule has 0 aliphatic carbocycles. The third-order valence-electron chi connectivity index (χ3n) is 4.82. The van der Waals surface area contributed by atoms with Crippen molar-refractivity contribution >= 4 is 38.1 Å². The SMILES string of the molecule is Cc1ccc(S(=O)(=O)N(C)c2ccc(C(=O)Nc3nc(-c4ccccn4)cs3)cc2)cc1. The van der Waals surface area contributed by atoms with Gasteiger partial charge in [-0.1, -0.05) is 23.8 Å². The standard InChI is InChI=1S/C23H20N4O3S2/c1-16-6-12-19(13-7-16)32(29,30)27(2)18-10-8-17(9-11-18)22(28)26-23-25-21(15-31-23)20-5-3-4-14-24-20/h3-15H,1-2H3,(H,25,26,28). The summed E-state index contributed by atoms with van der Waals surface area (Å²) in [5.41, 5.74) is 3.24. The first-order valence-electron chi connectivity index (χ1n) is 9.68. The second-order valence-electron chi connectivity index (χ2n) is 7.04. The molecule has 0 radical (unpaired) electrons. The molecule has 32 heavy (non-hydrogen) atoms. The molecular formula is C23H20N4O3S2. The van der Waals surface area contributed by atoms with Gasteiger partial charge in [0.1, 0.15) is 5.69 Å². The molecule has 0 unspecified atom stereocenters. The van der Waals surface area contributed by atoms with Crippen LogP contribution in [0.25, 0.3) is 11.4 Å². The Balaban J connectivity index is 1.47. The van der Waals surface area contributed by atoms with E-state index in [4.69, 9.17) is 0 Å². The van der Waals surface area contributed by atoms with Gasteiger partial charge in [0.05, 0.1) is 16.3 Å². The van der Waals surface area contributed by atoms with Crippen LogP contribution in [0.2, 0.25) is 0 Å². The van der Waals surface area contributed by atoms with Gasteiger partial charge in [0, 0.05) is 24.2 Å². The molecule has 0 aliphatic rings. The molecule has 2 aromatic heterocycles. The summed E-state index contributed by atoms with van der Waals surface area (Å²) in [6.07, 6.45) is 1.69. The van der Waals surface area contributed by atoms with E-state index in [0.717, 1.165) is 11.3 Å². The molecule has 1 N–H and O–H groups in total. The zero-order valence-electron chi connectivity index (χ0n) is 17.4. The quantitative estimate of drug-likeness (QED) is 0.451. The second kappa shape index (κ2) is 8.89. The molecule has 0 spiro atoms. The zero-order valence-corrected chi connectivity index (χ0v) is 19.0. The van der Waals surface area contributed by atoms with Gasteiger partial charge in [0.2, 0.25) is 0 Å². The van der Waals surface area contributed by atoms with Crippen LogP contribution in [0.5, 0.6) is 0 Å². The summed E-state index contributed by atoms with van der Waals surface area (Å²) in [6, 6.07) is 18.6. The van der Waals surface area contributed by atoms with E-state index in [-0.39, 0.29) is 10.8 Å². The van der Waals surface area contributed by atoms with Crippen LogP contribution < -0.4 is 9.62 Å². The van der Waals surface area contributed by atoms with Crippen LogP contribution in [0, 0.1) is 6.92 Å². The minimum atomic E-state index is -3.70. The van der Waals surface area contributed by atoms with E-state index in [1.807, 2.05) is 30.5 Å². The first-order valence-corrected chi connectivity index (χ1v) is 12.0. The van der Waals surface area contributed by atoms with E-state index in [9.17, 15) is 13.2 Å². The molecule has 4 rings (SSSR count). The highest BCUT2D eigenvalue weighted by atomic mass is 32.2. The molecule has 2 heterocycles. The van der Waals surface area contributed by atoms with E-state index in [1.165, 1.54) is 22.7 Å². The lowest BCUT2D eigenvalue weighted by atomic mass is 10.2. The Morgan fingerprint density at radius 3 is 2.34 bits per heavy atom. The number of anilines is 2. The van der Waals surface area contributed by atoms with Crippen molar-refractivity contribution in [2.24, 2.45) is 0 Å². The van der Waals surface area contributed by atoms with Crippen molar-refractivity contribution in [2.45, 2.75) is 11.8 Å². The molecule has 0 aliphatic heterocycles. The minimum absolute atomic E-state index is 0.208. The minimum Gasteiger partial charge on any atom is -0.298 e. The van der Waals surface area contributed by atoms with Crippen LogP contribution in [0.15, 0.2) is 83.2 Å². The summed E-state index contributed by atoms with van der Waals surface area (Å²) in [5.74, 6) is -0.331. The lowest BCUT2D eigenvalue weighted by Gasteiger charge is -2.20. The predicted octanol–water partition coefficient (Wildman–Crippen LogP) is 4.59. The van der Waals surface area contributed by atoms with Crippen LogP contribution >= 0.6 is 11.3 Å². The molecule has 162 valence electrons. The fourth-order valence-corrected chi connectivity index (χ4v) is 4.86. The first kappa shape index (κ1) is 21.7. The van der Waals surface area contributed by atoms with Gasteiger partial charge in [-0.25, -0.2) is 13.4 Å². The molecule has 0 fully saturated rings. The number of carbonyl (C=O) groups excluding carboxylic acids is 1. The number of hydrogen-bond acceptors (Lipinski definition) is 6. The molecule has 0 saturated carbocycles. The topological polar surface area (TPSA) is 92.3 Å². The molecule has 0 saturated heterocycles. The number of amides is 1. The van der Waals surface area contributed by atoms with Gasteiger partial charge >= 0.3 is 0 Å². The summed E-state index contributed by atoms with van der Waals surface area (Å²) < 4.78 is 26.9. The van der Waals surface area contributed by atoms with Gasteiger partial charge in [0.15, 0.2) is 5.13 Å². The molecular weight excluding hydrogens is 444 g/mol. The van der Waals surface area contributed by atoms with Crippen molar-refractivity contribution < 1.29 is 13.2 Å². The molecule has 0 atom stereocenters. The number of benzene rings is 2. The normalized spacial score (nSPS) is 11.2. The van der Waals surface area contributed by atoms with Crippen LogP contribution in [0.4, 0.5) is 10.8 Å². The second-order valence-corrected chi connectivity index (χ2v) is 9.87. The highest BCUT2D eigenvalue weighted by molar-refractivity contribution is 7.92. The lowest BCUT2D eigenvalue weighted by molar-refractivity contribution is 0.102. The molecule has 1 amide bonds. The summed E-state index contributed by atoms with van der Waals surface area (Å²) in [5, 5.41) is 5.05. The van der Waals surface area contributed by atoms with Gasteiger partial charge in [-0.3, -0.25) is 19.4 Å². The Kier molecular flexibility index (Phi) is 6.02. The Bertz CT molecular complexity index is 1330. The Labute approximate surface area is 190 Å². The molecule has 7 nitrogen and oxygen atoms in total. The maximum absolute atomic E-state index is 12.9. The Hall–Kier alpha value is -3.56. The van der Waals surface area contributed by atoms with Gasteiger partial charge in [-0.15, -0.1) is 11.3 Å². The number of sulfonamides is 1. The van der Waals surface area contributed by atoms with Crippen LogP contribution in [-0.4, -0.2) is 31.3 Å². The number of nitrogens with one attached hydrogen (secondary N) is 1. The maximum atomic E-state index is 12.9. The number of nitrogens with zero attached hydrogens (tertiary/aromatic N) is 3. The molecule has 9 heteroatoms. The van der Waals surface area contributed by atoms with E-state index in [1.54, 1.807) is 54.7 Å². The Morgan fingerprint density at radius 2 is 1.69 bits per heavy atom. The average Bonchev–Trinajstić information content (AvgIpc) is 3.28. The monoisotopic (exact) mass is 464 g/mol. The van der Waals surface area contributed by atoms with Gasteiger partial charge in [0.25, 0.3) is 15.9 Å². The predicted molar refractivity (Wildman–Crippen MR) is 127 cm³/mol. The number of aryl methyl sites for hydroxylation is 1. The van der Waals surface area contributed by atoms with E-state index >= 15 is 0 Å². The van der Waals surface area contributed by atoms with Crippen molar-refractivity contribution in [3.05, 3.63) is 89.4 Å². The number of thiazole rings is 1. The smallest absolute Gasteiger partial charge is 0.264 e. The molecule has 2 aromatic carbocycles. The molecule has 4 aromatic rings. The zero-order chi connectivity index (χ0) is 22.7. The van der Waals surface area contributed by atoms with Crippen molar-refractivity contribution in [3.8, 4) is 11.4 Å². The number of carbonyl (C=O) groups is 1. The summed E-state index contributed by atoms with van der Waals surface area (Å²) >= 11 is 1.31. The summed E-state index contributed by atoms with van der Waals surface area (Å²) in [7, 11) is -2.21. The fourth-order valence-electron chi connectivity index (χ4n) is 2.96. The van der Waals surface area contributed by atoms with Crippen molar-refractivity contribution in [2.75, 3.05) is 16.7 Å². The number of rotatable bonds is 6. The van der Waals surface area contributed by atoms with Crippen molar-refractivity contribution in [3.63, 3.8) is 0 Å². The number of aromatic nitrogens is 2. The highest BCUT2D eigenvalue weighted by Gasteiger charge is 2.21. The summed E-state index contributed by atoms with van der Waals surface area (Å²) in [6.45, 7) is 1.90. The third-order valence-corrected chi connectivity index (χ3v) is 7.38. The number of pyridine rings is 1. The fraction of sp³-hybridized carbons (Fsp3) is 0.0870. The van der Waals surface area contributed by atoms with Gasteiger partial charge < -0.3 is 0 Å². The lowest BCUT2D eigenvalue weighted by Crippen LogP contribution is -2.26. The van der Waals surface area contributed by atoms with Crippen LogP contribution in [-0.2, 0) is 10.0 Å². The average molecular weight is 465 g/mol. The van der Waals surface area contributed by atoms with Gasteiger partial charge in [-0.05, 0) is 55.5 Å². The largest absolute Gasteiger partial charge is 0.298 e. The first-order chi connectivity index (χ1) is 15.3. The van der Waals surface area contributed by atoms with E-state index in [2.05, 4.69) is 15.3 Å². The Morgan fingerprint density at radius 1 is 0.969 bits per heavy atom. The summed E-state index contributed by atoms with van der Waals surface area (Å²) in [4.78, 5) is 21.5. The highest BCUT2D eigenvalue weighted by Crippen LogP contribution is 2.25. The maximum Gasteiger partial charge on any atom is 0.264 e. The van der Waals surface area contributed by atoms with Gasteiger partial charge in [-0.2, -0.15) is 0 Å². The van der Waals surface area contributed by atoms with Crippen molar-refractivity contribution in [1.82, 2.24) is 9.97 Å².